The zero-order valence-electron chi connectivity index (χ0n) is 7.08. The first-order valence-corrected chi connectivity index (χ1v) is 3.45. The monoisotopic (exact) mass is 174 g/mol. The summed E-state index contributed by atoms with van der Waals surface area (Å²) in [7, 11) is 2.06. The summed E-state index contributed by atoms with van der Waals surface area (Å²) in [5, 5.41) is 0. The van der Waals surface area contributed by atoms with Crippen molar-refractivity contribution in [2.24, 2.45) is 0 Å². The molecule has 1 aliphatic heterocycles. The van der Waals surface area contributed by atoms with Crippen LogP contribution < -0.4 is 0 Å². The lowest BCUT2D eigenvalue weighted by atomic mass is 10.3. The van der Waals surface area contributed by atoms with Crippen LogP contribution >= 0.6 is 12.4 Å². The zero-order valence-corrected chi connectivity index (χ0v) is 7.90. The van der Waals surface area contributed by atoms with Gasteiger partial charge >= 0.3 is 0 Å². The van der Waals surface area contributed by atoms with Crippen molar-refractivity contribution in [3.05, 3.63) is 24.6 Å². The number of halogens is 1. The maximum Gasteiger partial charge on any atom is 0.0894 e. The van der Waals surface area contributed by atoms with E-state index in [-0.39, 0.29) is 12.4 Å². The van der Waals surface area contributed by atoms with E-state index in [1.807, 2.05) is 6.92 Å². The van der Waals surface area contributed by atoms with E-state index in [1.54, 1.807) is 0 Å². The minimum atomic E-state index is 0. The third-order valence-corrected chi connectivity index (χ3v) is 1.41. The summed E-state index contributed by atoms with van der Waals surface area (Å²) in [5.41, 5.74) is 1.21. The molecule has 0 saturated carbocycles. The van der Waals surface area contributed by atoms with Gasteiger partial charge in [-0.2, -0.15) is 0 Å². The molecule has 0 atom stereocenters. The Hall–Kier alpha value is -0.630. The first-order chi connectivity index (χ1) is 4.68. The first kappa shape index (κ1) is 10.4. The lowest BCUT2D eigenvalue weighted by molar-refractivity contribution is 0.314. The Morgan fingerprint density at radius 1 is 1.55 bits per heavy atom. The van der Waals surface area contributed by atoms with E-state index in [9.17, 15) is 0 Å². The lowest BCUT2D eigenvalue weighted by Crippen LogP contribution is -2.23. The highest BCUT2D eigenvalue weighted by Crippen LogP contribution is 2.05. The minimum absolute atomic E-state index is 0. The standard InChI is InChI=1S/C8H14N2.ClH/c1-8(2)6-10-5-4-9(3)7-10;/h4-5H,1,6-7H2,2-3H3;1H. The first-order valence-electron chi connectivity index (χ1n) is 3.45. The highest BCUT2D eigenvalue weighted by atomic mass is 35.5. The van der Waals surface area contributed by atoms with Crippen LogP contribution in [0.15, 0.2) is 24.6 Å². The summed E-state index contributed by atoms with van der Waals surface area (Å²) in [5.74, 6) is 0. The largest absolute Gasteiger partial charge is 0.362 e. The second-order valence-corrected chi connectivity index (χ2v) is 2.90. The van der Waals surface area contributed by atoms with Gasteiger partial charge in [-0.3, -0.25) is 0 Å². The smallest absolute Gasteiger partial charge is 0.0894 e. The molecule has 0 saturated heterocycles. The van der Waals surface area contributed by atoms with Crippen molar-refractivity contribution in [2.45, 2.75) is 6.92 Å². The van der Waals surface area contributed by atoms with Crippen LogP contribution in [0.25, 0.3) is 0 Å². The molecule has 0 fully saturated rings. The van der Waals surface area contributed by atoms with Crippen LogP contribution in [0.1, 0.15) is 6.92 Å². The van der Waals surface area contributed by atoms with Gasteiger partial charge in [0.05, 0.1) is 6.67 Å². The normalized spacial score (nSPS) is 15.1. The quantitative estimate of drug-likeness (QED) is 0.588. The fourth-order valence-corrected chi connectivity index (χ4v) is 1.04. The van der Waals surface area contributed by atoms with Crippen LogP contribution in [-0.4, -0.2) is 30.1 Å². The van der Waals surface area contributed by atoms with Crippen molar-refractivity contribution in [3.63, 3.8) is 0 Å². The van der Waals surface area contributed by atoms with Gasteiger partial charge in [-0.15, -0.1) is 12.4 Å². The maximum absolute atomic E-state index is 3.85. The fourth-order valence-electron chi connectivity index (χ4n) is 1.04. The molecule has 0 aromatic heterocycles. The molecule has 0 bridgehead atoms. The molecule has 0 aromatic rings. The molecule has 0 spiro atoms. The van der Waals surface area contributed by atoms with Crippen molar-refractivity contribution in [1.29, 1.82) is 0 Å². The molecule has 3 heteroatoms. The summed E-state index contributed by atoms with van der Waals surface area (Å²) in [6.45, 7) is 7.86. The molecule has 0 aliphatic carbocycles. The van der Waals surface area contributed by atoms with E-state index in [4.69, 9.17) is 0 Å². The molecular weight excluding hydrogens is 160 g/mol. The van der Waals surface area contributed by atoms with Crippen molar-refractivity contribution in [1.82, 2.24) is 9.80 Å². The second-order valence-electron chi connectivity index (χ2n) is 2.90. The Kier molecular flexibility index (Phi) is 4.04. The van der Waals surface area contributed by atoms with Crippen molar-refractivity contribution < 1.29 is 0 Å². The third-order valence-electron chi connectivity index (χ3n) is 1.41. The van der Waals surface area contributed by atoms with Gasteiger partial charge in [0.1, 0.15) is 0 Å². The molecular formula is C8H15ClN2. The minimum Gasteiger partial charge on any atom is -0.362 e. The van der Waals surface area contributed by atoms with E-state index < -0.39 is 0 Å². The van der Waals surface area contributed by atoms with Crippen LogP contribution in [0.2, 0.25) is 0 Å². The van der Waals surface area contributed by atoms with Crippen molar-refractivity contribution >= 4 is 12.4 Å². The van der Waals surface area contributed by atoms with Gasteiger partial charge in [0.15, 0.2) is 0 Å². The highest BCUT2D eigenvalue weighted by molar-refractivity contribution is 5.85. The topological polar surface area (TPSA) is 6.48 Å². The fraction of sp³-hybridized carbons (Fsp3) is 0.500. The number of hydrogen-bond donors (Lipinski definition) is 0. The SMILES string of the molecule is C=C(C)CN1C=CN(C)C1.Cl. The summed E-state index contributed by atoms with van der Waals surface area (Å²) >= 11 is 0. The Balaban J connectivity index is 0.000001000. The highest BCUT2D eigenvalue weighted by Gasteiger charge is 2.06. The van der Waals surface area contributed by atoms with Crippen molar-refractivity contribution in [2.75, 3.05) is 20.3 Å². The molecule has 0 radical (unpaired) electrons. The number of nitrogens with zero attached hydrogens (tertiary/aromatic N) is 2. The number of hydrogen-bond acceptors (Lipinski definition) is 2. The second kappa shape index (κ2) is 4.29. The van der Waals surface area contributed by atoms with Crippen LogP contribution in [0.4, 0.5) is 0 Å². The molecule has 1 rings (SSSR count). The van der Waals surface area contributed by atoms with E-state index in [1.165, 1.54) is 5.57 Å². The molecule has 64 valence electrons. The van der Waals surface area contributed by atoms with Gasteiger partial charge in [-0.25, -0.2) is 0 Å². The van der Waals surface area contributed by atoms with Crippen LogP contribution in [-0.2, 0) is 0 Å². The van der Waals surface area contributed by atoms with Gasteiger partial charge in [0, 0.05) is 26.0 Å². The van der Waals surface area contributed by atoms with E-state index in [0.29, 0.717) is 0 Å². The summed E-state index contributed by atoms with van der Waals surface area (Å²) < 4.78 is 0. The molecule has 0 N–H and O–H groups in total. The molecule has 1 heterocycles. The average Bonchev–Trinajstić information content (AvgIpc) is 2.13. The van der Waals surface area contributed by atoms with Gasteiger partial charge in [-0.05, 0) is 6.92 Å². The van der Waals surface area contributed by atoms with Gasteiger partial charge in [-0.1, -0.05) is 12.2 Å². The Bertz CT molecular complexity index is 165. The molecule has 1 aliphatic rings. The summed E-state index contributed by atoms with van der Waals surface area (Å²) in [6.07, 6.45) is 4.16. The van der Waals surface area contributed by atoms with E-state index in [0.717, 1.165) is 13.2 Å². The molecule has 2 nitrogen and oxygen atoms in total. The molecule has 0 unspecified atom stereocenters. The van der Waals surface area contributed by atoms with Gasteiger partial charge in [0.25, 0.3) is 0 Å². The predicted octanol–water partition coefficient (Wildman–Crippen LogP) is 1.66. The van der Waals surface area contributed by atoms with Gasteiger partial charge in [0.2, 0.25) is 0 Å². The van der Waals surface area contributed by atoms with E-state index in [2.05, 4.69) is 35.8 Å². The number of rotatable bonds is 2. The summed E-state index contributed by atoms with van der Waals surface area (Å²) in [4.78, 5) is 4.37. The molecule has 0 amide bonds. The molecule has 0 aromatic carbocycles. The van der Waals surface area contributed by atoms with E-state index >= 15 is 0 Å². The van der Waals surface area contributed by atoms with Crippen LogP contribution in [0.3, 0.4) is 0 Å². The summed E-state index contributed by atoms with van der Waals surface area (Å²) in [6, 6.07) is 0. The Labute approximate surface area is 74.6 Å². The zero-order chi connectivity index (χ0) is 7.56. The van der Waals surface area contributed by atoms with Gasteiger partial charge < -0.3 is 9.80 Å². The van der Waals surface area contributed by atoms with Crippen LogP contribution in [0.5, 0.6) is 0 Å². The average molecular weight is 175 g/mol. The molecule has 11 heavy (non-hydrogen) atoms. The third kappa shape index (κ3) is 3.33. The van der Waals surface area contributed by atoms with Crippen molar-refractivity contribution in [3.8, 4) is 0 Å². The van der Waals surface area contributed by atoms with Crippen LogP contribution in [0, 0.1) is 0 Å². The lowest BCUT2D eigenvalue weighted by Gasteiger charge is -2.17. The Morgan fingerprint density at radius 3 is 2.55 bits per heavy atom. The Morgan fingerprint density at radius 2 is 2.18 bits per heavy atom. The maximum atomic E-state index is 3.85. The predicted molar refractivity (Wildman–Crippen MR) is 50.5 cm³/mol.